The molecule has 1 aliphatic heterocycles. The second-order valence-corrected chi connectivity index (χ2v) is 4.35. The minimum absolute atomic E-state index is 1.11. The van der Waals surface area contributed by atoms with Crippen LogP contribution in [0.3, 0.4) is 0 Å². The molecule has 1 saturated heterocycles. The van der Waals surface area contributed by atoms with Crippen molar-refractivity contribution in [1.82, 2.24) is 0 Å². The van der Waals surface area contributed by atoms with Crippen LogP contribution < -0.4 is 0 Å². The molecule has 0 unspecified atom stereocenters. The first-order valence-electron chi connectivity index (χ1n) is 5.93. The monoisotopic (exact) mass is 166 g/mol. The summed E-state index contributed by atoms with van der Waals surface area (Å²) in [5.74, 6) is 0. The smallest absolute Gasteiger partial charge is 0.0741 e. The van der Waals surface area contributed by atoms with E-state index in [4.69, 9.17) is 0 Å². The van der Waals surface area contributed by atoms with Gasteiger partial charge in [-0.2, -0.15) is 0 Å². The fourth-order valence-electron chi connectivity index (χ4n) is 2.34. The molecule has 0 saturated carbocycles. The van der Waals surface area contributed by atoms with E-state index in [2.05, 4.69) is 6.92 Å². The normalized spacial score (nSPS) is 18.2. The molecule has 1 rings (SSSR count). The zero-order valence-corrected chi connectivity index (χ0v) is 8.65. The first-order chi connectivity index (χ1) is 5.93. The van der Waals surface area contributed by atoms with Crippen molar-refractivity contribution in [3.63, 3.8) is 0 Å². The van der Waals surface area contributed by atoms with E-state index in [-0.39, 0.29) is 0 Å². The Balaban J connectivity index is 1.91. The molecular formula is C11H23B. The van der Waals surface area contributed by atoms with Crippen molar-refractivity contribution in [3.8, 4) is 0 Å². The van der Waals surface area contributed by atoms with E-state index in [1.807, 2.05) is 0 Å². The third kappa shape index (κ3) is 4.18. The highest BCUT2D eigenvalue weighted by atomic mass is 14.0. The molecule has 0 spiro atoms. The molecule has 12 heavy (non-hydrogen) atoms. The van der Waals surface area contributed by atoms with Gasteiger partial charge in [-0.15, -0.1) is 0 Å². The zero-order chi connectivity index (χ0) is 8.65. The summed E-state index contributed by atoms with van der Waals surface area (Å²) in [6, 6.07) is 0. The van der Waals surface area contributed by atoms with Gasteiger partial charge >= 0.3 is 0 Å². The van der Waals surface area contributed by atoms with Crippen LogP contribution in [0.2, 0.25) is 19.0 Å². The van der Waals surface area contributed by atoms with Crippen LogP contribution >= 0.6 is 0 Å². The third-order valence-electron chi connectivity index (χ3n) is 3.19. The molecule has 0 aromatic carbocycles. The van der Waals surface area contributed by atoms with Crippen molar-refractivity contribution >= 4 is 6.71 Å². The standard InChI is InChI=1S/C11H23B/c1-2-3-4-6-9-12-10-7-5-8-11-12/h2-11H2,1H3. The molecule has 1 heteroatoms. The summed E-state index contributed by atoms with van der Waals surface area (Å²) >= 11 is 0. The highest BCUT2D eigenvalue weighted by Crippen LogP contribution is 2.23. The van der Waals surface area contributed by atoms with Crippen LogP contribution in [0.1, 0.15) is 51.9 Å². The van der Waals surface area contributed by atoms with Gasteiger partial charge in [-0.05, 0) is 0 Å². The number of rotatable bonds is 5. The topological polar surface area (TPSA) is 0 Å². The van der Waals surface area contributed by atoms with Crippen LogP contribution in [-0.2, 0) is 0 Å². The Morgan fingerprint density at radius 2 is 1.67 bits per heavy atom. The summed E-state index contributed by atoms with van der Waals surface area (Å²) in [6.45, 7) is 3.40. The van der Waals surface area contributed by atoms with Gasteiger partial charge < -0.3 is 0 Å². The molecule has 0 aliphatic carbocycles. The van der Waals surface area contributed by atoms with E-state index in [9.17, 15) is 0 Å². The van der Waals surface area contributed by atoms with Crippen LogP contribution in [-0.4, -0.2) is 6.71 Å². The number of hydrogen-bond acceptors (Lipinski definition) is 0. The first-order valence-corrected chi connectivity index (χ1v) is 5.93. The molecule has 1 heterocycles. The van der Waals surface area contributed by atoms with E-state index >= 15 is 0 Å². The maximum absolute atomic E-state index is 2.29. The van der Waals surface area contributed by atoms with Crippen molar-refractivity contribution in [2.45, 2.75) is 70.8 Å². The van der Waals surface area contributed by atoms with Crippen LogP contribution in [0.4, 0.5) is 0 Å². The van der Waals surface area contributed by atoms with Gasteiger partial charge in [0.1, 0.15) is 6.71 Å². The second kappa shape index (κ2) is 6.57. The Morgan fingerprint density at radius 1 is 0.917 bits per heavy atom. The molecule has 0 amide bonds. The highest BCUT2D eigenvalue weighted by Gasteiger charge is 2.15. The molecular weight excluding hydrogens is 143 g/mol. The molecule has 0 atom stereocenters. The largest absolute Gasteiger partial charge is 0.139 e. The summed E-state index contributed by atoms with van der Waals surface area (Å²) in [5.41, 5.74) is 0. The minimum atomic E-state index is 1.11. The summed E-state index contributed by atoms with van der Waals surface area (Å²) in [5, 5.41) is 0. The molecule has 0 bridgehead atoms. The average molecular weight is 166 g/mol. The van der Waals surface area contributed by atoms with E-state index in [0.717, 1.165) is 6.71 Å². The summed E-state index contributed by atoms with van der Waals surface area (Å²) in [7, 11) is 0. The molecule has 0 N–H and O–H groups in total. The quantitative estimate of drug-likeness (QED) is 0.423. The van der Waals surface area contributed by atoms with Gasteiger partial charge in [0.05, 0.1) is 0 Å². The van der Waals surface area contributed by atoms with Gasteiger partial charge in [-0.3, -0.25) is 0 Å². The van der Waals surface area contributed by atoms with Gasteiger partial charge in [0.15, 0.2) is 0 Å². The Kier molecular flexibility index (Phi) is 5.55. The van der Waals surface area contributed by atoms with Crippen molar-refractivity contribution < 1.29 is 0 Å². The lowest BCUT2D eigenvalue weighted by atomic mass is 9.39. The molecule has 0 radical (unpaired) electrons. The minimum Gasteiger partial charge on any atom is -0.0741 e. The Hall–Kier alpha value is 0.0649. The van der Waals surface area contributed by atoms with Crippen LogP contribution in [0.5, 0.6) is 0 Å². The molecule has 0 aromatic rings. The molecule has 0 aromatic heterocycles. The van der Waals surface area contributed by atoms with E-state index in [0.29, 0.717) is 0 Å². The van der Waals surface area contributed by atoms with E-state index < -0.39 is 0 Å². The second-order valence-electron chi connectivity index (χ2n) is 4.35. The molecule has 70 valence electrons. The lowest BCUT2D eigenvalue weighted by Gasteiger charge is -2.17. The Bertz CT molecular complexity index is 95.2. The van der Waals surface area contributed by atoms with Crippen molar-refractivity contribution in [2.24, 2.45) is 0 Å². The maximum Gasteiger partial charge on any atom is 0.139 e. The van der Waals surface area contributed by atoms with Crippen molar-refractivity contribution in [2.75, 3.05) is 0 Å². The van der Waals surface area contributed by atoms with Gasteiger partial charge in [0.2, 0.25) is 0 Å². The Morgan fingerprint density at radius 3 is 2.33 bits per heavy atom. The van der Waals surface area contributed by atoms with E-state index in [1.54, 1.807) is 0 Å². The van der Waals surface area contributed by atoms with Gasteiger partial charge in [0, 0.05) is 0 Å². The average Bonchev–Trinajstić information content (AvgIpc) is 2.14. The predicted octanol–water partition coefficient (Wildman–Crippen LogP) is 4.25. The van der Waals surface area contributed by atoms with Gasteiger partial charge in [-0.25, -0.2) is 0 Å². The van der Waals surface area contributed by atoms with Gasteiger partial charge in [0.25, 0.3) is 0 Å². The fourth-order valence-corrected chi connectivity index (χ4v) is 2.34. The molecule has 0 nitrogen and oxygen atoms in total. The van der Waals surface area contributed by atoms with Crippen molar-refractivity contribution in [1.29, 1.82) is 0 Å². The highest BCUT2D eigenvalue weighted by molar-refractivity contribution is 6.58. The van der Waals surface area contributed by atoms with Crippen LogP contribution in [0.25, 0.3) is 0 Å². The van der Waals surface area contributed by atoms with E-state index in [1.165, 1.54) is 63.9 Å². The number of hydrogen-bond donors (Lipinski definition) is 0. The Labute approximate surface area is 78.2 Å². The number of unbranched alkanes of at least 4 members (excludes halogenated alkanes) is 3. The first kappa shape index (κ1) is 10.1. The van der Waals surface area contributed by atoms with Gasteiger partial charge in [-0.1, -0.05) is 70.8 Å². The lowest BCUT2D eigenvalue weighted by Crippen LogP contribution is -2.15. The fraction of sp³-hybridized carbons (Fsp3) is 1.00. The molecule has 1 aliphatic rings. The summed E-state index contributed by atoms with van der Waals surface area (Å²) in [4.78, 5) is 0. The van der Waals surface area contributed by atoms with Crippen LogP contribution in [0, 0.1) is 0 Å². The summed E-state index contributed by atoms with van der Waals surface area (Å²) < 4.78 is 0. The van der Waals surface area contributed by atoms with Crippen LogP contribution in [0.15, 0.2) is 0 Å². The molecule has 1 fully saturated rings. The maximum atomic E-state index is 2.29. The zero-order valence-electron chi connectivity index (χ0n) is 8.65. The summed E-state index contributed by atoms with van der Waals surface area (Å²) in [6.07, 6.45) is 14.9. The van der Waals surface area contributed by atoms with Crippen molar-refractivity contribution in [3.05, 3.63) is 0 Å². The SMILES string of the molecule is CCCCCCB1CCCCC1. The lowest BCUT2D eigenvalue weighted by molar-refractivity contribution is 0.680. The predicted molar refractivity (Wildman–Crippen MR) is 58.2 cm³/mol. The third-order valence-corrected chi connectivity index (χ3v) is 3.19.